The highest BCUT2D eigenvalue weighted by molar-refractivity contribution is 5.84. The molecule has 8 nitrogen and oxygen atoms in total. The second kappa shape index (κ2) is 10.4. The van der Waals surface area contributed by atoms with Crippen LogP contribution >= 0.6 is 0 Å². The molecule has 2 aromatic rings. The molecular formula is C25H36F3N5O3. The van der Waals surface area contributed by atoms with E-state index in [1.165, 1.54) is 4.90 Å². The molecule has 1 atom stereocenters. The van der Waals surface area contributed by atoms with Crippen LogP contribution in [0.25, 0.3) is 11.0 Å². The summed E-state index contributed by atoms with van der Waals surface area (Å²) in [6.07, 6.45) is -1.13. The molecule has 3 heterocycles. The van der Waals surface area contributed by atoms with Gasteiger partial charge in [0.05, 0.1) is 18.1 Å². The van der Waals surface area contributed by atoms with Gasteiger partial charge < -0.3 is 24.7 Å². The van der Waals surface area contributed by atoms with Crippen LogP contribution in [0.15, 0.2) is 18.2 Å². The summed E-state index contributed by atoms with van der Waals surface area (Å²) in [5, 5.41) is 0. The number of hydrogen-bond donors (Lipinski definition) is 1. The molecule has 1 amide bonds. The molecule has 0 unspecified atom stereocenters. The van der Waals surface area contributed by atoms with Crippen LogP contribution in [0.4, 0.5) is 23.9 Å². The lowest BCUT2D eigenvalue weighted by Gasteiger charge is -2.33. The summed E-state index contributed by atoms with van der Waals surface area (Å²) in [5.41, 5.74) is 7.24. The highest BCUT2D eigenvalue weighted by Gasteiger charge is 2.34. The number of alkyl halides is 3. The number of para-hydroxylation sites is 1. The SMILES string of the molecule is CC(C)(C)OC(=O)N1CCCC[C@@H](n2c(N)nc3cccc(OC4CCN(CC(F)(F)F)CC4)c32)C1. The first-order chi connectivity index (χ1) is 16.9. The third-order valence-corrected chi connectivity index (χ3v) is 6.59. The summed E-state index contributed by atoms with van der Waals surface area (Å²) < 4.78 is 52.1. The summed E-state index contributed by atoms with van der Waals surface area (Å²) in [4.78, 5) is 20.5. The van der Waals surface area contributed by atoms with Crippen LogP contribution in [-0.2, 0) is 4.74 Å². The van der Waals surface area contributed by atoms with Gasteiger partial charge in [-0.05, 0) is 65.0 Å². The monoisotopic (exact) mass is 511 g/mol. The number of amides is 1. The molecule has 1 aromatic carbocycles. The quantitative estimate of drug-likeness (QED) is 0.623. The Kier molecular flexibility index (Phi) is 7.59. The van der Waals surface area contributed by atoms with Crippen molar-refractivity contribution in [3.63, 3.8) is 0 Å². The topological polar surface area (TPSA) is 85.8 Å². The Morgan fingerprint density at radius 1 is 1.11 bits per heavy atom. The van der Waals surface area contributed by atoms with Crippen molar-refractivity contribution in [1.29, 1.82) is 0 Å². The first-order valence-corrected chi connectivity index (χ1v) is 12.6. The molecule has 2 fully saturated rings. The smallest absolute Gasteiger partial charge is 0.410 e. The van der Waals surface area contributed by atoms with E-state index in [-0.39, 0.29) is 18.2 Å². The number of carbonyl (C=O) groups excluding carboxylic acids is 1. The number of fused-ring (bicyclic) bond motifs is 1. The minimum absolute atomic E-state index is 0.108. The summed E-state index contributed by atoms with van der Waals surface area (Å²) in [7, 11) is 0. The van der Waals surface area contributed by atoms with E-state index >= 15 is 0 Å². The maximum Gasteiger partial charge on any atom is 0.410 e. The molecule has 2 N–H and O–H groups in total. The van der Waals surface area contributed by atoms with Gasteiger partial charge in [0, 0.05) is 26.2 Å². The van der Waals surface area contributed by atoms with Crippen molar-refractivity contribution in [3.8, 4) is 5.75 Å². The normalized spacial score (nSPS) is 20.9. The lowest BCUT2D eigenvalue weighted by Crippen LogP contribution is -2.42. The van der Waals surface area contributed by atoms with Gasteiger partial charge in [-0.3, -0.25) is 4.90 Å². The van der Waals surface area contributed by atoms with Gasteiger partial charge in [0.2, 0.25) is 5.95 Å². The van der Waals surface area contributed by atoms with Gasteiger partial charge in [0.1, 0.15) is 23.0 Å². The third kappa shape index (κ3) is 6.54. The molecule has 11 heteroatoms. The van der Waals surface area contributed by atoms with Crippen LogP contribution < -0.4 is 10.5 Å². The molecule has 2 saturated heterocycles. The van der Waals surface area contributed by atoms with Gasteiger partial charge >= 0.3 is 12.3 Å². The maximum atomic E-state index is 12.8. The van der Waals surface area contributed by atoms with Crippen molar-refractivity contribution in [1.82, 2.24) is 19.4 Å². The van der Waals surface area contributed by atoms with Crippen LogP contribution in [-0.4, -0.2) is 76.0 Å². The predicted octanol–water partition coefficient (Wildman–Crippen LogP) is 4.99. The number of imidazole rings is 1. The number of likely N-dealkylation sites (tertiary alicyclic amines) is 2. The van der Waals surface area contributed by atoms with Crippen molar-refractivity contribution in [3.05, 3.63) is 18.2 Å². The van der Waals surface area contributed by atoms with E-state index in [4.69, 9.17) is 15.2 Å². The van der Waals surface area contributed by atoms with E-state index < -0.39 is 18.3 Å². The van der Waals surface area contributed by atoms with Crippen LogP contribution in [0.5, 0.6) is 5.75 Å². The van der Waals surface area contributed by atoms with Crippen LogP contribution in [0.1, 0.15) is 58.9 Å². The second-order valence-corrected chi connectivity index (χ2v) is 10.7. The average Bonchev–Trinajstić information content (AvgIpc) is 2.93. The molecule has 2 aliphatic heterocycles. The molecule has 0 aliphatic carbocycles. The predicted molar refractivity (Wildman–Crippen MR) is 131 cm³/mol. The summed E-state index contributed by atoms with van der Waals surface area (Å²) in [6, 6.07) is 5.45. The highest BCUT2D eigenvalue weighted by atomic mass is 19.4. The first-order valence-electron chi connectivity index (χ1n) is 12.6. The molecule has 36 heavy (non-hydrogen) atoms. The van der Waals surface area contributed by atoms with Gasteiger partial charge in [-0.15, -0.1) is 0 Å². The lowest BCUT2D eigenvalue weighted by atomic mass is 10.1. The Morgan fingerprint density at radius 3 is 2.50 bits per heavy atom. The van der Waals surface area contributed by atoms with E-state index in [0.29, 0.717) is 56.2 Å². The number of benzene rings is 1. The Morgan fingerprint density at radius 2 is 1.83 bits per heavy atom. The highest BCUT2D eigenvalue weighted by Crippen LogP contribution is 2.35. The molecule has 0 radical (unpaired) electrons. The van der Waals surface area contributed by atoms with Gasteiger partial charge in [0.25, 0.3) is 0 Å². The number of hydrogen-bond acceptors (Lipinski definition) is 6. The lowest BCUT2D eigenvalue weighted by molar-refractivity contribution is -0.149. The second-order valence-electron chi connectivity index (χ2n) is 10.7. The molecule has 4 rings (SSSR count). The number of anilines is 1. The number of carbonyl (C=O) groups is 1. The fourth-order valence-electron chi connectivity index (χ4n) is 5.04. The summed E-state index contributed by atoms with van der Waals surface area (Å²) in [6.45, 7) is 6.35. The van der Waals surface area contributed by atoms with E-state index in [9.17, 15) is 18.0 Å². The number of nitrogens with two attached hydrogens (primary N) is 1. The number of piperidine rings is 1. The summed E-state index contributed by atoms with van der Waals surface area (Å²) >= 11 is 0. The molecule has 0 spiro atoms. The Bertz CT molecular complexity index is 1060. The number of halogens is 3. The van der Waals surface area contributed by atoms with E-state index in [1.807, 2.05) is 43.5 Å². The molecular weight excluding hydrogens is 475 g/mol. The van der Waals surface area contributed by atoms with Gasteiger partial charge in [-0.25, -0.2) is 9.78 Å². The minimum atomic E-state index is -4.20. The first kappa shape index (κ1) is 26.4. The Labute approximate surface area is 209 Å². The standard InChI is InChI=1S/C25H36F3N5O3/c1-24(2,3)36-23(34)32-12-5-4-7-17(15-32)33-21-19(30-22(33)29)8-6-9-20(21)35-18-10-13-31(14-11-18)16-25(26,27)28/h6,8-9,17-18H,4-5,7,10-16H2,1-3H3,(H2,29,30)/t17-/m1/s1. The van der Waals surface area contributed by atoms with Crippen molar-refractivity contribution in [2.45, 2.75) is 76.8 Å². The fraction of sp³-hybridized carbons (Fsp3) is 0.680. The van der Waals surface area contributed by atoms with Gasteiger partial charge in [-0.2, -0.15) is 13.2 Å². The van der Waals surface area contributed by atoms with Crippen molar-refractivity contribution < 1.29 is 27.4 Å². The van der Waals surface area contributed by atoms with Crippen molar-refractivity contribution >= 4 is 23.1 Å². The minimum Gasteiger partial charge on any atom is -0.488 e. The summed E-state index contributed by atoms with van der Waals surface area (Å²) in [5.74, 6) is 0.955. The number of ether oxygens (including phenoxy) is 2. The number of rotatable bonds is 4. The van der Waals surface area contributed by atoms with Crippen LogP contribution in [0.2, 0.25) is 0 Å². The van der Waals surface area contributed by atoms with Crippen molar-refractivity contribution in [2.24, 2.45) is 0 Å². The van der Waals surface area contributed by atoms with Crippen molar-refractivity contribution in [2.75, 3.05) is 38.5 Å². The average molecular weight is 512 g/mol. The maximum absolute atomic E-state index is 12.8. The Balaban J connectivity index is 1.54. The number of aromatic nitrogens is 2. The van der Waals surface area contributed by atoms with E-state index in [2.05, 4.69) is 4.98 Å². The zero-order valence-electron chi connectivity index (χ0n) is 21.2. The molecule has 0 saturated carbocycles. The van der Waals surface area contributed by atoms with Gasteiger partial charge in [0.15, 0.2) is 0 Å². The van der Waals surface area contributed by atoms with Gasteiger partial charge in [-0.1, -0.05) is 6.07 Å². The van der Waals surface area contributed by atoms with Crippen LogP contribution in [0.3, 0.4) is 0 Å². The largest absolute Gasteiger partial charge is 0.488 e. The van der Waals surface area contributed by atoms with E-state index in [0.717, 1.165) is 24.8 Å². The zero-order valence-corrected chi connectivity index (χ0v) is 21.2. The molecule has 1 aromatic heterocycles. The fourth-order valence-corrected chi connectivity index (χ4v) is 5.04. The molecule has 2 aliphatic rings. The number of nitrogen functional groups attached to an aromatic ring is 1. The van der Waals surface area contributed by atoms with E-state index in [1.54, 1.807) is 4.90 Å². The molecule has 0 bridgehead atoms. The zero-order chi connectivity index (χ0) is 26.1. The third-order valence-electron chi connectivity index (χ3n) is 6.59. The number of nitrogens with zero attached hydrogens (tertiary/aromatic N) is 4. The molecule has 200 valence electrons. The van der Waals surface area contributed by atoms with Crippen LogP contribution in [0, 0.1) is 0 Å². The Hall–Kier alpha value is -2.69.